The Morgan fingerprint density at radius 2 is 1.74 bits per heavy atom. The predicted octanol–water partition coefficient (Wildman–Crippen LogP) is 5.00. The predicted molar refractivity (Wildman–Crippen MR) is 111 cm³/mol. The van der Waals surface area contributed by atoms with Gasteiger partial charge >= 0.3 is 6.18 Å². The minimum atomic E-state index is -4.67. The molecule has 3 N–H and O–H groups in total. The van der Waals surface area contributed by atoms with Crippen molar-refractivity contribution in [2.24, 2.45) is 0 Å². The van der Waals surface area contributed by atoms with Crippen molar-refractivity contribution in [1.29, 1.82) is 0 Å². The summed E-state index contributed by atoms with van der Waals surface area (Å²) in [5, 5.41) is 8.16. The van der Waals surface area contributed by atoms with Gasteiger partial charge in [-0.15, -0.1) is 0 Å². The van der Waals surface area contributed by atoms with Crippen LogP contribution < -0.4 is 20.7 Å². The molecular weight excluding hydrogens is 435 g/mol. The van der Waals surface area contributed by atoms with Crippen LogP contribution in [-0.4, -0.2) is 30.0 Å². The summed E-state index contributed by atoms with van der Waals surface area (Å²) in [4.78, 5) is 19.3. The van der Waals surface area contributed by atoms with Crippen molar-refractivity contribution < 1.29 is 22.7 Å². The normalized spacial score (nSPS) is 11.0. The molecule has 162 valence electrons. The Hall–Kier alpha value is -3.53. The lowest BCUT2D eigenvalue weighted by Crippen LogP contribution is -2.17. The highest BCUT2D eigenvalue weighted by Crippen LogP contribution is 2.36. The van der Waals surface area contributed by atoms with E-state index in [1.165, 1.54) is 32.4 Å². The van der Waals surface area contributed by atoms with Crippen LogP contribution in [0.15, 0.2) is 48.7 Å². The van der Waals surface area contributed by atoms with Gasteiger partial charge in [0, 0.05) is 30.2 Å². The molecule has 0 saturated carbocycles. The lowest BCUT2D eigenvalue weighted by atomic mass is 10.2. The number of aromatic nitrogens is 2. The number of methoxy groups -OCH3 is 1. The average molecular weight is 452 g/mol. The maximum absolute atomic E-state index is 13.4. The van der Waals surface area contributed by atoms with Crippen LogP contribution in [0.5, 0.6) is 5.75 Å². The van der Waals surface area contributed by atoms with Crippen molar-refractivity contribution in [3.8, 4) is 5.75 Å². The van der Waals surface area contributed by atoms with Crippen molar-refractivity contribution in [3.05, 3.63) is 64.8 Å². The number of benzene rings is 2. The van der Waals surface area contributed by atoms with Gasteiger partial charge < -0.3 is 20.7 Å². The fourth-order valence-corrected chi connectivity index (χ4v) is 2.86. The molecule has 0 radical (unpaired) electrons. The van der Waals surface area contributed by atoms with E-state index < -0.39 is 17.6 Å². The molecule has 0 atom stereocenters. The van der Waals surface area contributed by atoms with Gasteiger partial charge in [-0.1, -0.05) is 11.6 Å². The standard InChI is InChI=1S/C20H17ClF3N5O2/c1-25-18(30)11-3-5-12(6-4-11)28-19-26-10-14(20(22,23)24)17(29-19)27-13-7-8-16(31-2)15(21)9-13/h3-10H,1-2H3,(H,25,30)(H2,26,27,28,29). The smallest absolute Gasteiger partial charge is 0.421 e. The lowest BCUT2D eigenvalue weighted by Gasteiger charge is -2.15. The number of hydrogen-bond donors (Lipinski definition) is 3. The molecule has 1 amide bonds. The monoisotopic (exact) mass is 451 g/mol. The number of amides is 1. The molecule has 0 aliphatic rings. The van der Waals surface area contributed by atoms with E-state index in [1.54, 1.807) is 24.3 Å². The summed E-state index contributed by atoms with van der Waals surface area (Å²) in [7, 11) is 2.94. The number of ether oxygens (including phenoxy) is 1. The van der Waals surface area contributed by atoms with Crippen LogP contribution in [0.2, 0.25) is 5.02 Å². The zero-order valence-corrected chi connectivity index (χ0v) is 17.1. The van der Waals surface area contributed by atoms with E-state index in [0.29, 0.717) is 23.2 Å². The summed E-state index contributed by atoms with van der Waals surface area (Å²) < 4.78 is 45.4. The second-order valence-corrected chi connectivity index (χ2v) is 6.62. The molecule has 1 heterocycles. The number of hydrogen-bond acceptors (Lipinski definition) is 6. The molecule has 0 bridgehead atoms. The molecule has 1 aromatic heterocycles. The summed E-state index contributed by atoms with van der Waals surface area (Å²) >= 11 is 6.05. The number of halogens is 4. The van der Waals surface area contributed by atoms with Crippen molar-refractivity contribution in [2.75, 3.05) is 24.8 Å². The number of carbonyl (C=O) groups excluding carboxylic acids is 1. The molecule has 0 aliphatic heterocycles. The van der Waals surface area contributed by atoms with Crippen LogP contribution in [-0.2, 0) is 6.18 Å². The molecule has 3 aromatic rings. The molecular formula is C20H17ClF3N5O2. The second-order valence-electron chi connectivity index (χ2n) is 6.21. The minimum Gasteiger partial charge on any atom is -0.495 e. The third-order valence-electron chi connectivity index (χ3n) is 4.14. The Labute approximate surface area is 180 Å². The molecule has 11 heteroatoms. The molecule has 0 unspecified atom stereocenters. The average Bonchev–Trinajstić information content (AvgIpc) is 2.73. The summed E-state index contributed by atoms with van der Waals surface area (Å²) in [5.74, 6) is -0.397. The summed E-state index contributed by atoms with van der Waals surface area (Å²) in [6, 6.07) is 10.7. The van der Waals surface area contributed by atoms with Gasteiger partial charge in [0.15, 0.2) is 0 Å². The van der Waals surface area contributed by atoms with Crippen molar-refractivity contribution in [2.45, 2.75) is 6.18 Å². The van der Waals surface area contributed by atoms with E-state index in [9.17, 15) is 18.0 Å². The van der Waals surface area contributed by atoms with Gasteiger partial charge in [0.2, 0.25) is 5.95 Å². The third-order valence-corrected chi connectivity index (χ3v) is 4.43. The lowest BCUT2D eigenvalue weighted by molar-refractivity contribution is -0.137. The van der Waals surface area contributed by atoms with Crippen molar-refractivity contribution in [1.82, 2.24) is 15.3 Å². The Morgan fingerprint density at radius 1 is 1.06 bits per heavy atom. The van der Waals surface area contributed by atoms with Gasteiger partial charge in [0.25, 0.3) is 5.91 Å². The highest BCUT2D eigenvalue weighted by atomic mass is 35.5. The van der Waals surface area contributed by atoms with E-state index >= 15 is 0 Å². The van der Waals surface area contributed by atoms with Crippen LogP contribution in [0.4, 0.5) is 36.3 Å². The number of rotatable bonds is 6. The quantitative estimate of drug-likeness (QED) is 0.488. The first kappa shape index (κ1) is 22.2. The SMILES string of the molecule is CNC(=O)c1ccc(Nc2ncc(C(F)(F)F)c(Nc3ccc(OC)c(Cl)c3)n2)cc1. The summed E-state index contributed by atoms with van der Waals surface area (Å²) in [5.41, 5.74) is 0.168. The van der Waals surface area contributed by atoms with Gasteiger partial charge in [-0.05, 0) is 42.5 Å². The van der Waals surface area contributed by atoms with E-state index in [1.807, 2.05) is 0 Å². The summed E-state index contributed by atoms with van der Waals surface area (Å²) in [6.45, 7) is 0. The first-order valence-electron chi connectivity index (χ1n) is 8.85. The number of alkyl halides is 3. The maximum Gasteiger partial charge on any atom is 0.421 e. The summed E-state index contributed by atoms with van der Waals surface area (Å²) in [6.07, 6.45) is -3.99. The number of carbonyl (C=O) groups is 1. The maximum atomic E-state index is 13.4. The number of nitrogens with zero attached hydrogens (tertiary/aromatic N) is 2. The van der Waals surface area contributed by atoms with Gasteiger partial charge in [0.05, 0.1) is 12.1 Å². The van der Waals surface area contributed by atoms with Gasteiger partial charge in [-0.2, -0.15) is 18.2 Å². The fourth-order valence-electron chi connectivity index (χ4n) is 2.60. The molecule has 0 saturated heterocycles. The van der Waals surface area contributed by atoms with E-state index in [4.69, 9.17) is 16.3 Å². The van der Waals surface area contributed by atoms with Gasteiger partial charge in [0.1, 0.15) is 17.1 Å². The fraction of sp³-hybridized carbons (Fsp3) is 0.150. The highest BCUT2D eigenvalue weighted by Gasteiger charge is 2.35. The van der Waals surface area contributed by atoms with Crippen LogP contribution >= 0.6 is 11.6 Å². The van der Waals surface area contributed by atoms with Crippen molar-refractivity contribution in [3.63, 3.8) is 0 Å². The van der Waals surface area contributed by atoms with Crippen LogP contribution in [0, 0.1) is 0 Å². The van der Waals surface area contributed by atoms with Gasteiger partial charge in [-0.3, -0.25) is 4.79 Å². The molecule has 31 heavy (non-hydrogen) atoms. The van der Waals surface area contributed by atoms with E-state index in [-0.39, 0.29) is 22.6 Å². The van der Waals surface area contributed by atoms with E-state index in [2.05, 4.69) is 25.9 Å². The third kappa shape index (κ3) is 5.34. The molecule has 2 aromatic carbocycles. The molecule has 0 fully saturated rings. The second kappa shape index (κ2) is 9.09. The first-order valence-corrected chi connectivity index (χ1v) is 9.23. The molecule has 0 spiro atoms. The van der Waals surface area contributed by atoms with Crippen molar-refractivity contribution >= 4 is 40.6 Å². The Morgan fingerprint density at radius 3 is 2.32 bits per heavy atom. The van der Waals surface area contributed by atoms with Crippen LogP contribution in [0.3, 0.4) is 0 Å². The zero-order chi connectivity index (χ0) is 22.6. The number of anilines is 4. The Bertz CT molecular complexity index is 1090. The first-order chi connectivity index (χ1) is 14.7. The molecule has 7 nitrogen and oxygen atoms in total. The topological polar surface area (TPSA) is 88.2 Å². The zero-order valence-electron chi connectivity index (χ0n) is 16.3. The van der Waals surface area contributed by atoms with Crippen LogP contribution in [0.25, 0.3) is 0 Å². The molecule has 3 rings (SSSR count). The van der Waals surface area contributed by atoms with Gasteiger partial charge in [-0.25, -0.2) is 4.98 Å². The van der Waals surface area contributed by atoms with E-state index in [0.717, 1.165) is 0 Å². The van der Waals surface area contributed by atoms with Crippen LogP contribution in [0.1, 0.15) is 15.9 Å². The Balaban J connectivity index is 1.90. The molecule has 0 aliphatic carbocycles. The Kier molecular flexibility index (Phi) is 6.50. The number of nitrogens with one attached hydrogen (secondary N) is 3. The largest absolute Gasteiger partial charge is 0.495 e. The highest BCUT2D eigenvalue weighted by molar-refractivity contribution is 6.32. The minimum absolute atomic E-state index is 0.0669.